The average Bonchev–Trinajstić information content (AvgIpc) is 3.00. The van der Waals surface area contributed by atoms with Gasteiger partial charge in [0.15, 0.2) is 12.1 Å². The van der Waals surface area contributed by atoms with Gasteiger partial charge >= 0.3 is 0 Å². The van der Waals surface area contributed by atoms with Crippen molar-refractivity contribution in [3.63, 3.8) is 0 Å². The van der Waals surface area contributed by atoms with Crippen LogP contribution in [0.3, 0.4) is 0 Å². The van der Waals surface area contributed by atoms with E-state index in [2.05, 4.69) is 20.4 Å². The van der Waals surface area contributed by atoms with Gasteiger partial charge in [0.2, 0.25) is 11.2 Å². The minimum absolute atomic E-state index is 0.197. The highest BCUT2D eigenvalue weighted by Crippen LogP contribution is 2.40. The maximum absolute atomic E-state index is 10.3. The van der Waals surface area contributed by atoms with E-state index in [1.807, 2.05) is 13.8 Å². The fourth-order valence-electron chi connectivity index (χ4n) is 2.93. The fraction of sp³-hybridized carbons (Fsp3) is 0.769. The number of hydrazine groups is 1. The first-order chi connectivity index (χ1) is 11.3. The number of rotatable bonds is 4. The average molecular weight is 357 g/mol. The van der Waals surface area contributed by atoms with Crippen LogP contribution in [-0.2, 0) is 4.74 Å². The molecule has 3 rings (SSSR count). The molecule has 11 heteroatoms. The van der Waals surface area contributed by atoms with Crippen LogP contribution >= 0.6 is 11.8 Å². The second-order valence-electron chi connectivity index (χ2n) is 6.18. The highest BCUT2D eigenvalue weighted by atomic mass is 32.2. The minimum atomic E-state index is -1.10. The van der Waals surface area contributed by atoms with Crippen LogP contribution in [0.4, 0.5) is 0 Å². The molecule has 0 radical (unpaired) electrons. The topological polar surface area (TPSA) is 154 Å². The molecule has 3 aliphatic heterocycles. The Hall–Kier alpha value is -1.24. The third kappa shape index (κ3) is 2.61. The molecule has 2 unspecified atom stereocenters. The normalized spacial score (nSPS) is 41.6. The molecule has 1 fully saturated rings. The number of aliphatic imine (C=N–C) groups is 3. The van der Waals surface area contributed by atoms with E-state index < -0.39 is 35.7 Å². The van der Waals surface area contributed by atoms with Gasteiger partial charge < -0.3 is 20.7 Å². The number of aliphatic hydroxyl groups excluding tert-OH is 2. The van der Waals surface area contributed by atoms with Crippen LogP contribution in [0.15, 0.2) is 15.0 Å². The molecule has 7 N–H and O–H groups in total. The summed E-state index contributed by atoms with van der Waals surface area (Å²) >= 11 is 1.48. The lowest BCUT2D eigenvalue weighted by Gasteiger charge is -2.36. The SMILES string of the molecule is CC(C)SC12N=CN([C@@H]3O[C@H](C)[C@@H](O)[C@H]3O)C1=NC(NN)N=C2N. The Morgan fingerprint density at radius 3 is 2.62 bits per heavy atom. The van der Waals surface area contributed by atoms with Crippen LogP contribution in [0.1, 0.15) is 20.8 Å². The van der Waals surface area contributed by atoms with E-state index in [1.165, 1.54) is 18.1 Å². The zero-order chi connectivity index (χ0) is 17.6. The Balaban J connectivity index is 1.98. The van der Waals surface area contributed by atoms with E-state index in [4.69, 9.17) is 16.3 Å². The second kappa shape index (κ2) is 6.24. The predicted molar refractivity (Wildman–Crippen MR) is 92.3 cm³/mol. The van der Waals surface area contributed by atoms with Gasteiger partial charge in [0.1, 0.15) is 18.0 Å². The summed E-state index contributed by atoms with van der Waals surface area (Å²) in [6, 6.07) is 0. The summed E-state index contributed by atoms with van der Waals surface area (Å²) in [6.07, 6.45) is -2.63. The van der Waals surface area contributed by atoms with Crippen LogP contribution in [0.2, 0.25) is 0 Å². The van der Waals surface area contributed by atoms with Gasteiger partial charge in [-0.25, -0.2) is 20.4 Å². The zero-order valence-electron chi connectivity index (χ0n) is 13.7. The maximum Gasteiger partial charge on any atom is 0.221 e. The Bertz CT molecular complexity index is 598. The maximum atomic E-state index is 10.3. The van der Waals surface area contributed by atoms with Gasteiger partial charge in [-0.1, -0.05) is 13.8 Å². The van der Waals surface area contributed by atoms with Crippen molar-refractivity contribution in [1.82, 2.24) is 10.3 Å². The standard InChI is InChI=1S/C13H23N7O3S/c1-5(2)24-13-10(14)17-12(19-15)18-11(13)20(4-16-13)9-8(22)7(21)6(3)23-9/h4-9,12,19,21-22H,15H2,1-3H3,(H2,14,17)/t6-,7-,8-,9-,12?,13?/m1/s1. The molecule has 10 nitrogen and oxygen atoms in total. The molecule has 0 bridgehead atoms. The van der Waals surface area contributed by atoms with E-state index in [-0.39, 0.29) is 11.1 Å². The molecule has 0 saturated carbocycles. The number of nitrogens with two attached hydrogens (primary N) is 2. The molecule has 0 amide bonds. The summed E-state index contributed by atoms with van der Waals surface area (Å²) in [5, 5.41) is 20.5. The van der Waals surface area contributed by atoms with Crippen LogP contribution in [0.25, 0.3) is 0 Å². The number of ether oxygens (including phenoxy) is 1. The van der Waals surface area contributed by atoms with Gasteiger partial charge in [0.05, 0.1) is 12.4 Å². The molecular weight excluding hydrogens is 334 g/mol. The van der Waals surface area contributed by atoms with Crippen molar-refractivity contribution in [2.75, 3.05) is 0 Å². The van der Waals surface area contributed by atoms with Gasteiger partial charge in [-0.3, -0.25) is 10.7 Å². The molecule has 0 aromatic heterocycles. The number of thioether (sulfide) groups is 1. The quantitative estimate of drug-likeness (QED) is 0.290. The molecule has 3 heterocycles. The van der Waals surface area contributed by atoms with Crippen molar-refractivity contribution >= 4 is 29.8 Å². The van der Waals surface area contributed by atoms with Crippen LogP contribution in [0.5, 0.6) is 0 Å². The van der Waals surface area contributed by atoms with Gasteiger partial charge in [0, 0.05) is 5.25 Å². The van der Waals surface area contributed by atoms with Crippen molar-refractivity contribution in [2.45, 2.75) is 61.7 Å². The summed E-state index contributed by atoms with van der Waals surface area (Å²) in [4.78, 5) is 13.8. The molecule has 0 aromatic carbocycles. The third-order valence-electron chi connectivity index (χ3n) is 4.07. The number of nitrogens with zero attached hydrogens (tertiary/aromatic N) is 4. The molecule has 134 valence electrons. The Kier molecular flexibility index (Phi) is 4.57. The summed E-state index contributed by atoms with van der Waals surface area (Å²) < 4.78 is 5.69. The molecular formula is C13H23N7O3S. The van der Waals surface area contributed by atoms with Gasteiger partial charge in [-0.2, -0.15) is 0 Å². The number of fused-ring (bicyclic) bond motifs is 1. The summed E-state index contributed by atoms with van der Waals surface area (Å²) in [7, 11) is 0. The lowest BCUT2D eigenvalue weighted by molar-refractivity contribution is -0.0308. The van der Waals surface area contributed by atoms with Crippen molar-refractivity contribution in [2.24, 2.45) is 26.6 Å². The predicted octanol–water partition coefficient (Wildman–Crippen LogP) is -1.85. The number of aliphatic hydroxyl groups is 2. The van der Waals surface area contributed by atoms with E-state index >= 15 is 0 Å². The molecule has 0 spiro atoms. The molecule has 3 aliphatic rings. The highest BCUT2D eigenvalue weighted by Gasteiger charge is 2.55. The first-order valence-electron chi connectivity index (χ1n) is 7.71. The summed E-state index contributed by atoms with van der Waals surface area (Å²) in [5.74, 6) is 6.20. The molecule has 0 aromatic rings. The van der Waals surface area contributed by atoms with Crippen molar-refractivity contribution in [3.05, 3.63) is 0 Å². The number of hydrogen-bond donors (Lipinski definition) is 5. The first-order valence-corrected chi connectivity index (χ1v) is 8.59. The van der Waals surface area contributed by atoms with Gasteiger partial charge in [0.25, 0.3) is 0 Å². The lowest BCUT2D eigenvalue weighted by atomic mass is 10.1. The summed E-state index contributed by atoms with van der Waals surface area (Å²) in [6.45, 7) is 5.73. The molecule has 0 aliphatic carbocycles. The first kappa shape index (κ1) is 17.6. The molecule has 6 atom stereocenters. The number of amidine groups is 2. The Morgan fingerprint density at radius 2 is 2.08 bits per heavy atom. The monoisotopic (exact) mass is 357 g/mol. The van der Waals surface area contributed by atoms with Crippen molar-refractivity contribution < 1.29 is 14.9 Å². The summed E-state index contributed by atoms with van der Waals surface area (Å²) in [5.41, 5.74) is 8.64. The largest absolute Gasteiger partial charge is 0.388 e. The second-order valence-corrected chi connectivity index (χ2v) is 7.95. The van der Waals surface area contributed by atoms with Crippen molar-refractivity contribution in [1.29, 1.82) is 0 Å². The van der Waals surface area contributed by atoms with E-state index in [0.717, 1.165) is 0 Å². The number of hydrogen-bond acceptors (Lipinski definition) is 11. The fourth-order valence-corrected chi connectivity index (χ4v) is 4.16. The zero-order valence-corrected chi connectivity index (χ0v) is 14.5. The van der Waals surface area contributed by atoms with E-state index in [0.29, 0.717) is 5.84 Å². The minimum Gasteiger partial charge on any atom is -0.388 e. The highest BCUT2D eigenvalue weighted by molar-refractivity contribution is 8.02. The Labute approximate surface area is 144 Å². The van der Waals surface area contributed by atoms with E-state index in [1.54, 1.807) is 11.8 Å². The van der Waals surface area contributed by atoms with Crippen LogP contribution < -0.4 is 17.0 Å². The Morgan fingerprint density at radius 1 is 1.38 bits per heavy atom. The molecule has 1 saturated heterocycles. The van der Waals surface area contributed by atoms with Crippen molar-refractivity contribution in [3.8, 4) is 0 Å². The molecule has 24 heavy (non-hydrogen) atoms. The van der Waals surface area contributed by atoms with Gasteiger partial charge in [-0.15, -0.1) is 11.8 Å². The lowest BCUT2D eigenvalue weighted by Crippen LogP contribution is -2.57. The number of nitrogens with one attached hydrogen (secondary N) is 1. The van der Waals surface area contributed by atoms with Crippen LogP contribution in [-0.4, -0.2) is 74.1 Å². The van der Waals surface area contributed by atoms with Gasteiger partial charge in [-0.05, 0) is 6.92 Å². The smallest absolute Gasteiger partial charge is 0.221 e. The van der Waals surface area contributed by atoms with Crippen LogP contribution in [0, 0.1) is 0 Å². The van der Waals surface area contributed by atoms with E-state index in [9.17, 15) is 10.2 Å². The third-order valence-corrected chi connectivity index (χ3v) is 5.38.